The third-order valence-electron chi connectivity index (χ3n) is 3.27. The van der Waals surface area contributed by atoms with Crippen molar-refractivity contribution in [2.45, 2.75) is 5.75 Å². The zero-order valence-electron chi connectivity index (χ0n) is 12.2. The van der Waals surface area contributed by atoms with Crippen molar-refractivity contribution in [3.63, 3.8) is 0 Å². The molecule has 2 heterocycles. The largest absolute Gasteiger partial charge is 0.350 e. The molecule has 2 N–H and O–H groups in total. The maximum atomic E-state index is 12.3. The molecule has 5 nitrogen and oxygen atoms in total. The molecule has 7 heteroatoms. The number of thioether (sulfide) groups is 1. The van der Waals surface area contributed by atoms with Crippen molar-refractivity contribution in [1.82, 2.24) is 15.5 Å². The number of aromatic nitrogens is 2. The van der Waals surface area contributed by atoms with E-state index < -0.39 is 0 Å². The summed E-state index contributed by atoms with van der Waals surface area (Å²) in [5.74, 6) is 1.51. The second kappa shape index (κ2) is 7.43. The predicted octanol–water partition coefficient (Wildman–Crippen LogP) is 2.65. The fraction of sp³-hybridized carbons (Fsp3) is 0.188. The van der Waals surface area contributed by atoms with E-state index >= 15 is 0 Å². The molecular weight excluding hydrogens is 330 g/mol. The summed E-state index contributed by atoms with van der Waals surface area (Å²) in [6.07, 6.45) is 0. The number of carbonyl (C=O) groups excluding carboxylic acids is 1. The van der Waals surface area contributed by atoms with Gasteiger partial charge in [0.15, 0.2) is 5.69 Å². The van der Waals surface area contributed by atoms with Crippen molar-refractivity contribution in [2.75, 3.05) is 12.3 Å². The summed E-state index contributed by atoms with van der Waals surface area (Å²) in [6.45, 7) is 0.560. The molecule has 0 aliphatic carbocycles. The first-order valence-electron chi connectivity index (χ1n) is 7.11. The van der Waals surface area contributed by atoms with E-state index in [1.807, 2.05) is 6.07 Å². The molecule has 23 heavy (non-hydrogen) atoms. The van der Waals surface area contributed by atoms with E-state index in [0.717, 1.165) is 11.5 Å². The highest BCUT2D eigenvalue weighted by molar-refractivity contribution is 7.98. The molecule has 3 rings (SSSR count). The Bertz CT molecular complexity index is 859. The normalized spacial score (nSPS) is 10.8. The number of nitrogens with one attached hydrogen (secondary N) is 2. The number of H-pyrrole nitrogens is 1. The second-order valence-corrected chi connectivity index (χ2v) is 6.97. The number of hydrogen-bond donors (Lipinski definition) is 2. The van der Waals surface area contributed by atoms with Crippen LogP contribution in [0, 0.1) is 0 Å². The molecule has 0 unspecified atom stereocenters. The van der Waals surface area contributed by atoms with Gasteiger partial charge in [-0.25, -0.2) is 5.10 Å². The van der Waals surface area contributed by atoms with Crippen LogP contribution in [0.2, 0.25) is 0 Å². The molecule has 118 valence electrons. The number of aromatic amines is 1. The van der Waals surface area contributed by atoms with Gasteiger partial charge in [-0.1, -0.05) is 24.3 Å². The molecule has 0 aliphatic rings. The van der Waals surface area contributed by atoms with E-state index in [-0.39, 0.29) is 17.2 Å². The Morgan fingerprint density at radius 1 is 1.22 bits per heavy atom. The Labute approximate surface area is 141 Å². The van der Waals surface area contributed by atoms with Gasteiger partial charge in [0, 0.05) is 28.3 Å². The van der Waals surface area contributed by atoms with Gasteiger partial charge in [-0.05, 0) is 17.5 Å². The minimum absolute atomic E-state index is 0.253. The first-order chi connectivity index (χ1) is 11.3. The molecule has 0 bridgehead atoms. The Hall–Kier alpha value is -2.12. The number of fused-ring (bicyclic) bond motifs is 1. The van der Waals surface area contributed by atoms with Crippen LogP contribution in [0.25, 0.3) is 10.8 Å². The van der Waals surface area contributed by atoms with E-state index in [9.17, 15) is 9.59 Å². The average Bonchev–Trinajstić information content (AvgIpc) is 3.08. The van der Waals surface area contributed by atoms with Crippen LogP contribution in [0.3, 0.4) is 0 Å². The molecule has 0 radical (unpaired) electrons. The first-order valence-corrected chi connectivity index (χ1v) is 9.15. The highest BCUT2D eigenvalue weighted by atomic mass is 32.2. The summed E-state index contributed by atoms with van der Waals surface area (Å²) >= 11 is 3.51. The zero-order chi connectivity index (χ0) is 16.1. The lowest BCUT2D eigenvalue weighted by molar-refractivity contribution is 0.0952. The number of carbonyl (C=O) groups is 1. The molecule has 0 saturated carbocycles. The maximum Gasteiger partial charge on any atom is 0.272 e. The zero-order valence-corrected chi connectivity index (χ0v) is 13.9. The van der Waals surface area contributed by atoms with Crippen LogP contribution < -0.4 is 10.9 Å². The third-order valence-corrected chi connectivity index (χ3v) is 5.33. The van der Waals surface area contributed by atoms with Crippen LogP contribution in [0.1, 0.15) is 15.4 Å². The Morgan fingerprint density at radius 2 is 2.04 bits per heavy atom. The summed E-state index contributed by atoms with van der Waals surface area (Å²) in [7, 11) is 0. The summed E-state index contributed by atoms with van der Waals surface area (Å²) in [6, 6.07) is 11.1. The van der Waals surface area contributed by atoms with Crippen molar-refractivity contribution >= 4 is 39.8 Å². The molecule has 3 aromatic rings. The molecule has 0 atom stereocenters. The molecule has 0 saturated heterocycles. The number of benzene rings is 1. The van der Waals surface area contributed by atoms with Gasteiger partial charge in [0.2, 0.25) is 0 Å². The van der Waals surface area contributed by atoms with E-state index in [0.29, 0.717) is 17.3 Å². The number of thiophene rings is 1. The van der Waals surface area contributed by atoms with E-state index in [1.165, 1.54) is 4.88 Å². The molecule has 1 amide bonds. The van der Waals surface area contributed by atoms with Gasteiger partial charge < -0.3 is 5.32 Å². The van der Waals surface area contributed by atoms with Crippen LogP contribution in [0.15, 0.2) is 46.6 Å². The third kappa shape index (κ3) is 3.80. The minimum Gasteiger partial charge on any atom is -0.350 e. The van der Waals surface area contributed by atoms with Crippen LogP contribution in [-0.2, 0) is 5.75 Å². The maximum absolute atomic E-state index is 12.3. The van der Waals surface area contributed by atoms with Gasteiger partial charge in [0.1, 0.15) is 0 Å². The summed E-state index contributed by atoms with van der Waals surface area (Å²) in [5, 5.41) is 12.2. The molecule has 0 aliphatic heterocycles. The number of amides is 1. The van der Waals surface area contributed by atoms with Crippen molar-refractivity contribution in [3.05, 3.63) is 62.7 Å². The number of rotatable bonds is 6. The van der Waals surface area contributed by atoms with Gasteiger partial charge in [-0.3, -0.25) is 9.59 Å². The topological polar surface area (TPSA) is 74.8 Å². The number of nitrogens with zero attached hydrogens (tertiary/aromatic N) is 1. The lowest BCUT2D eigenvalue weighted by atomic mass is 10.1. The second-order valence-electron chi connectivity index (χ2n) is 4.83. The van der Waals surface area contributed by atoms with Gasteiger partial charge in [0.25, 0.3) is 11.5 Å². The summed E-state index contributed by atoms with van der Waals surface area (Å²) in [5.41, 5.74) is -0.0351. The van der Waals surface area contributed by atoms with Gasteiger partial charge in [-0.2, -0.15) is 16.9 Å². The highest BCUT2D eigenvalue weighted by Gasteiger charge is 2.13. The lowest BCUT2D eigenvalue weighted by Gasteiger charge is -2.06. The van der Waals surface area contributed by atoms with Crippen molar-refractivity contribution in [2.24, 2.45) is 0 Å². The van der Waals surface area contributed by atoms with Crippen molar-refractivity contribution in [3.8, 4) is 0 Å². The molecule has 2 aromatic heterocycles. The fourth-order valence-corrected chi connectivity index (χ4v) is 3.88. The van der Waals surface area contributed by atoms with Gasteiger partial charge in [-0.15, -0.1) is 11.3 Å². The van der Waals surface area contributed by atoms with E-state index in [2.05, 4.69) is 27.0 Å². The smallest absolute Gasteiger partial charge is 0.272 e. The van der Waals surface area contributed by atoms with E-state index in [4.69, 9.17) is 0 Å². The molecule has 1 aromatic carbocycles. The number of hydrogen-bond acceptors (Lipinski definition) is 5. The summed E-state index contributed by atoms with van der Waals surface area (Å²) < 4.78 is 0. The van der Waals surface area contributed by atoms with Gasteiger partial charge >= 0.3 is 0 Å². The predicted molar refractivity (Wildman–Crippen MR) is 95.2 cm³/mol. The molecule has 0 fully saturated rings. The average molecular weight is 345 g/mol. The monoisotopic (exact) mass is 345 g/mol. The molecule has 0 spiro atoms. The van der Waals surface area contributed by atoms with E-state index in [1.54, 1.807) is 47.4 Å². The van der Waals surface area contributed by atoms with Crippen LogP contribution in [-0.4, -0.2) is 28.4 Å². The fourth-order valence-electron chi connectivity index (χ4n) is 2.18. The standard InChI is InChI=1S/C16H15N3O2S2/c20-15-13-6-2-1-5-12(13)14(18-19-15)16(21)17-7-9-22-10-11-4-3-8-23-11/h1-6,8H,7,9-10H2,(H,17,21)(H,19,20). The van der Waals surface area contributed by atoms with Crippen molar-refractivity contribution < 1.29 is 4.79 Å². The summed E-state index contributed by atoms with van der Waals surface area (Å²) in [4.78, 5) is 25.3. The first kappa shape index (κ1) is 15.8. The quantitative estimate of drug-likeness (QED) is 0.674. The van der Waals surface area contributed by atoms with Gasteiger partial charge in [0.05, 0.1) is 5.39 Å². The molecular formula is C16H15N3O2S2. The Morgan fingerprint density at radius 3 is 2.83 bits per heavy atom. The van der Waals surface area contributed by atoms with Crippen LogP contribution in [0.5, 0.6) is 0 Å². The lowest BCUT2D eigenvalue weighted by Crippen LogP contribution is -2.28. The minimum atomic E-state index is -0.288. The van der Waals surface area contributed by atoms with Crippen LogP contribution >= 0.6 is 23.1 Å². The Kier molecular flexibility index (Phi) is 5.09. The Balaban J connectivity index is 1.58. The SMILES string of the molecule is O=C(NCCSCc1cccs1)c1n[nH]c(=O)c2ccccc12. The van der Waals surface area contributed by atoms with Crippen LogP contribution in [0.4, 0.5) is 0 Å². The van der Waals surface area contributed by atoms with Crippen molar-refractivity contribution in [1.29, 1.82) is 0 Å². The highest BCUT2D eigenvalue weighted by Crippen LogP contribution is 2.16.